The van der Waals surface area contributed by atoms with Crippen LogP contribution in [0.2, 0.25) is 0 Å². The Labute approximate surface area is 129 Å². The Balaban J connectivity index is 1.82. The zero-order valence-electron chi connectivity index (χ0n) is 12.7. The number of nitrogens with zero attached hydrogens (tertiary/aromatic N) is 2. The van der Waals surface area contributed by atoms with Crippen molar-refractivity contribution in [3.8, 4) is 16.9 Å². The van der Waals surface area contributed by atoms with E-state index in [0.717, 1.165) is 55.8 Å². The van der Waals surface area contributed by atoms with Gasteiger partial charge in [0.25, 0.3) is 0 Å². The van der Waals surface area contributed by atoms with Crippen LogP contribution in [-0.4, -0.2) is 36.4 Å². The number of hydrogen-bond donors (Lipinski definition) is 0. The molecule has 5 heteroatoms. The molecular formula is C17H20N2O3. The average Bonchev–Trinajstić information content (AvgIpc) is 3.03. The van der Waals surface area contributed by atoms with Crippen LogP contribution in [-0.2, 0) is 11.3 Å². The van der Waals surface area contributed by atoms with Crippen molar-refractivity contribution in [3.63, 3.8) is 0 Å². The number of hydrogen-bond acceptors (Lipinski definition) is 4. The Morgan fingerprint density at radius 1 is 1.41 bits per heavy atom. The van der Waals surface area contributed by atoms with Gasteiger partial charge in [0.2, 0.25) is 0 Å². The molecule has 1 aliphatic heterocycles. The van der Waals surface area contributed by atoms with Gasteiger partial charge in [-0.1, -0.05) is 0 Å². The number of methoxy groups -OCH3 is 1. The third kappa shape index (κ3) is 3.20. The van der Waals surface area contributed by atoms with E-state index in [1.54, 1.807) is 13.2 Å². The lowest BCUT2D eigenvalue weighted by Gasteiger charge is -2.21. The molecule has 0 atom stereocenters. The van der Waals surface area contributed by atoms with Crippen LogP contribution in [0.4, 0.5) is 0 Å². The van der Waals surface area contributed by atoms with E-state index in [2.05, 4.69) is 5.10 Å². The monoisotopic (exact) mass is 300 g/mol. The zero-order valence-corrected chi connectivity index (χ0v) is 12.7. The minimum atomic E-state index is 0.615. The Hall–Kier alpha value is -2.14. The van der Waals surface area contributed by atoms with Gasteiger partial charge < -0.3 is 9.47 Å². The lowest BCUT2D eigenvalue weighted by molar-refractivity contribution is 0.0601. The van der Waals surface area contributed by atoms with Crippen LogP contribution in [0.5, 0.6) is 5.75 Å². The van der Waals surface area contributed by atoms with Crippen molar-refractivity contribution in [2.75, 3.05) is 20.3 Å². The van der Waals surface area contributed by atoms with Crippen molar-refractivity contribution in [2.24, 2.45) is 5.92 Å². The smallest absolute Gasteiger partial charge is 0.150 e. The molecule has 1 aromatic heterocycles. The van der Waals surface area contributed by atoms with Gasteiger partial charge in [-0.05, 0) is 37.0 Å². The summed E-state index contributed by atoms with van der Waals surface area (Å²) in [5.74, 6) is 1.36. The molecule has 1 fully saturated rings. The Morgan fingerprint density at radius 3 is 2.95 bits per heavy atom. The predicted octanol–water partition coefficient (Wildman–Crippen LogP) is 2.80. The normalized spacial score (nSPS) is 15.7. The Bertz CT molecular complexity index is 645. The van der Waals surface area contributed by atoms with Crippen LogP contribution < -0.4 is 4.74 Å². The number of carbonyl (C=O) groups is 1. The average molecular weight is 300 g/mol. The SMILES string of the molecule is COc1ccc(C=O)cc1-c1cnn(CC2CCOCC2)c1. The second kappa shape index (κ2) is 6.75. The molecule has 1 saturated heterocycles. The summed E-state index contributed by atoms with van der Waals surface area (Å²) in [6, 6.07) is 5.40. The highest BCUT2D eigenvalue weighted by molar-refractivity contribution is 5.81. The highest BCUT2D eigenvalue weighted by Crippen LogP contribution is 2.30. The third-order valence-electron chi connectivity index (χ3n) is 4.09. The molecule has 0 bridgehead atoms. The lowest BCUT2D eigenvalue weighted by atomic mass is 10.0. The van der Waals surface area contributed by atoms with Crippen molar-refractivity contribution in [2.45, 2.75) is 19.4 Å². The molecule has 116 valence electrons. The van der Waals surface area contributed by atoms with Crippen LogP contribution in [0, 0.1) is 5.92 Å². The summed E-state index contributed by atoms with van der Waals surface area (Å²) in [4.78, 5) is 11.0. The fourth-order valence-corrected chi connectivity index (χ4v) is 2.82. The summed E-state index contributed by atoms with van der Waals surface area (Å²) in [6.45, 7) is 2.58. The van der Waals surface area contributed by atoms with Crippen molar-refractivity contribution in [3.05, 3.63) is 36.2 Å². The summed E-state index contributed by atoms with van der Waals surface area (Å²) in [7, 11) is 1.63. The molecule has 1 aromatic carbocycles. The van der Waals surface area contributed by atoms with E-state index in [1.165, 1.54) is 0 Å². The van der Waals surface area contributed by atoms with Gasteiger partial charge in [-0.15, -0.1) is 0 Å². The Morgan fingerprint density at radius 2 is 2.23 bits per heavy atom. The predicted molar refractivity (Wildman–Crippen MR) is 83.1 cm³/mol. The second-order valence-electron chi connectivity index (χ2n) is 5.58. The molecule has 0 unspecified atom stereocenters. The van der Waals surface area contributed by atoms with Gasteiger partial charge in [0.05, 0.1) is 13.3 Å². The minimum Gasteiger partial charge on any atom is -0.496 e. The van der Waals surface area contributed by atoms with E-state index in [0.29, 0.717) is 11.5 Å². The van der Waals surface area contributed by atoms with Crippen molar-refractivity contribution in [1.29, 1.82) is 0 Å². The number of ether oxygens (including phenoxy) is 2. The van der Waals surface area contributed by atoms with Gasteiger partial charge in [-0.2, -0.15) is 5.10 Å². The first kappa shape index (κ1) is 14.8. The first-order chi connectivity index (χ1) is 10.8. The van der Waals surface area contributed by atoms with Gasteiger partial charge in [-0.3, -0.25) is 9.48 Å². The summed E-state index contributed by atoms with van der Waals surface area (Å²) in [5.41, 5.74) is 2.49. The van der Waals surface area contributed by atoms with E-state index < -0.39 is 0 Å². The number of benzene rings is 1. The lowest BCUT2D eigenvalue weighted by Crippen LogP contribution is -2.20. The number of aromatic nitrogens is 2. The van der Waals surface area contributed by atoms with Crippen molar-refractivity contribution >= 4 is 6.29 Å². The molecule has 2 heterocycles. The number of aldehydes is 1. The summed E-state index contributed by atoms with van der Waals surface area (Å²) in [6.07, 6.45) is 6.85. The molecule has 3 rings (SSSR count). The molecule has 0 amide bonds. The summed E-state index contributed by atoms with van der Waals surface area (Å²) in [5, 5.41) is 4.45. The first-order valence-electron chi connectivity index (χ1n) is 7.54. The van der Waals surface area contributed by atoms with Gasteiger partial charge in [-0.25, -0.2) is 0 Å². The fourth-order valence-electron chi connectivity index (χ4n) is 2.82. The quantitative estimate of drug-likeness (QED) is 0.797. The number of carbonyl (C=O) groups excluding carboxylic acids is 1. The van der Waals surface area contributed by atoms with Gasteiger partial charge in [0, 0.05) is 42.6 Å². The van der Waals surface area contributed by atoms with E-state index in [4.69, 9.17) is 9.47 Å². The maximum Gasteiger partial charge on any atom is 0.150 e. The largest absolute Gasteiger partial charge is 0.496 e. The molecule has 0 N–H and O–H groups in total. The van der Waals surface area contributed by atoms with E-state index in [-0.39, 0.29) is 0 Å². The maximum absolute atomic E-state index is 11.0. The minimum absolute atomic E-state index is 0.615. The first-order valence-corrected chi connectivity index (χ1v) is 7.54. The molecule has 0 spiro atoms. The second-order valence-corrected chi connectivity index (χ2v) is 5.58. The van der Waals surface area contributed by atoms with Crippen molar-refractivity contribution in [1.82, 2.24) is 9.78 Å². The van der Waals surface area contributed by atoms with Crippen LogP contribution in [0.1, 0.15) is 23.2 Å². The maximum atomic E-state index is 11.0. The topological polar surface area (TPSA) is 53.3 Å². The third-order valence-corrected chi connectivity index (χ3v) is 4.09. The molecule has 22 heavy (non-hydrogen) atoms. The van der Waals surface area contributed by atoms with Crippen LogP contribution in [0.3, 0.4) is 0 Å². The number of rotatable bonds is 5. The van der Waals surface area contributed by atoms with E-state index >= 15 is 0 Å². The van der Waals surface area contributed by atoms with E-state index in [9.17, 15) is 4.79 Å². The van der Waals surface area contributed by atoms with Crippen LogP contribution in [0.25, 0.3) is 11.1 Å². The van der Waals surface area contributed by atoms with Gasteiger partial charge in [0.15, 0.2) is 0 Å². The van der Waals surface area contributed by atoms with E-state index in [1.807, 2.05) is 29.2 Å². The Kier molecular flexibility index (Phi) is 4.53. The van der Waals surface area contributed by atoms with Gasteiger partial charge in [0.1, 0.15) is 12.0 Å². The highest BCUT2D eigenvalue weighted by Gasteiger charge is 2.16. The molecular weight excluding hydrogens is 280 g/mol. The standard InChI is InChI=1S/C17H20N2O3/c1-21-17-3-2-14(12-20)8-16(17)15-9-18-19(11-15)10-13-4-6-22-7-5-13/h2-3,8-9,11-13H,4-7,10H2,1H3. The summed E-state index contributed by atoms with van der Waals surface area (Å²) < 4.78 is 12.7. The molecule has 0 aliphatic carbocycles. The molecule has 0 radical (unpaired) electrons. The highest BCUT2D eigenvalue weighted by atomic mass is 16.5. The van der Waals surface area contributed by atoms with Gasteiger partial charge >= 0.3 is 0 Å². The van der Waals surface area contributed by atoms with Crippen molar-refractivity contribution < 1.29 is 14.3 Å². The fraction of sp³-hybridized carbons (Fsp3) is 0.412. The molecule has 5 nitrogen and oxygen atoms in total. The molecule has 0 saturated carbocycles. The van der Waals surface area contributed by atoms with Crippen LogP contribution >= 0.6 is 0 Å². The van der Waals surface area contributed by atoms with Crippen LogP contribution in [0.15, 0.2) is 30.6 Å². The zero-order chi connectivity index (χ0) is 15.4. The molecule has 2 aromatic rings. The molecule has 1 aliphatic rings. The summed E-state index contributed by atoms with van der Waals surface area (Å²) >= 11 is 0.